The minimum Gasteiger partial charge on any atom is -0.360 e. The molecule has 1 aliphatic rings. The lowest BCUT2D eigenvalue weighted by atomic mass is 9.87. The summed E-state index contributed by atoms with van der Waals surface area (Å²) in [6.07, 6.45) is 6.57. The number of aromatic nitrogens is 4. The zero-order chi connectivity index (χ0) is 17.6. The zero-order valence-electron chi connectivity index (χ0n) is 14.0. The Morgan fingerprint density at radius 3 is 3.00 bits per heavy atom. The number of H-pyrrole nitrogens is 1. The Bertz CT molecular complexity index is 967. The molecule has 0 saturated carbocycles. The molecule has 3 aromatic rings. The van der Waals surface area contributed by atoms with Crippen molar-refractivity contribution in [3.63, 3.8) is 0 Å². The quantitative estimate of drug-likeness (QED) is 0.749. The lowest BCUT2D eigenvalue weighted by Crippen LogP contribution is -2.40. The van der Waals surface area contributed by atoms with Gasteiger partial charge in [-0.05, 0) is 18.4 Å². The smallest absolute Gasteiger partial charge is 0.163 e. The Morgan fingerprint density at radius 2 is 2.20 bits per heavy atom. The molecule has 2 N–H and O–H groups in total. The highest BCUT2D eigenvalue weighted by atomic mass is 35.5. The third kappa shape index (κ3) is 2.76. The van der Waals surface area contributed by atoms with Gasteiger partial charge in [-0.15, -0.1) is 0 Å². The van der Waals surface area contributed by atoms with Gasteiger partial charge in [-0.1, -0.05) is 25.4 Å². The SMILES string of the molecule is CCC(=O)[C@H]1Nc2nc(-c3c[nH]c4ncc(Cl)cc34)ncc2CC1C. The Hall–Kier alpha value is -2.47. The molecule has 6 nitrogen and oxygen atoms in total. The number of pyridine rings is 1. The summed E-state index contributed by atoms with van der Waals surface area (Å²) in [5.74, 6) is 1.75. The molecular weight excluding hydrogens is 338 g/mol. The van der Waals surface area contributed by atoms with Crippen LogP contribution < -0.4 is 5.32 Å². The molecule has 4 heterocycles. The summed E-state index contributed by atoms with van der Waals surface area (Å²) in [7, 11) is 0. The van der Waals surface area contributed by atoms with Crippen LogP contribution in [-0.4, -0.2) is 31.8 Å². The highest BCUT2D eigenvalue weighted by molar-refractivity contribution is 6.31. The number of aromatic amines is 1. The molecule has 25 heavy (non-hydrogen) atoms. The summed E-state index contributed by atoms with van der Waals surface area (Å²) in [5.41, 5.74) is 2.61. The molecule has 0 bridgehead atoms. The molecule has 7 heteroatoms. The van der Waals surface area contributed by atoms with E-state index in [9.17, 15) is 4.79 Å². The summed E-state index contributed by atoms with van der Waals surface area (Å²) >= 11 is 6.07. The first kappa shape index (κ1) is 16.0. The van der Waals surface area contributed by atoms with Crippen LogP contribution >= 0.6 is 11.6 Å². The van der Waals surface area contributed by atoms with Crippen LogP contribution in [0.4, 0.5) is 5.82 Å². The largest absolute Gasteiger partial charge is 0.360 e. The number of anilines is 1. The van der Waals surface area contributed by atoms with Gasteiger partial charge in [0.25, 0.3) is 0 Å². The van der Waals surface area contributed by atoms with Crippen molar-refractivity contribution in [3.05, 3.63) is 35.2 Å². The van der Waals surface area contributed by atoms with E-state index in [0.717, 1.165) is 34.4 Å². The first-order valence-electron chi connectivity index (χ1n) is 8.35. The Morgan fingerprint density at radius 1 is 1.36 bits per heavy atom. The number of ketones is 1. The van der Waals surface area contributed by atoms with E-state index in [4.69, 9.17) is 11.6 Å². The molecule has 4 rings (SSSR count). The zero-order valence-corrected chi connectivity index (χ0v) is 14.8. The van der Waals surface area contributed by atoms with Crippen molar-refractivity contribution in [2.45, 2.75) is 32.7 Å². The van der Waals surface area contributed by atoms with Crippen molar-refractivity contribution < 1.29 is 4.79 Å². The molecule has 0 fully saturated rings. The number of nitrogens with zero attached hydrogens (tertiary/aromatic N) is 3. The van der Waals surface area contributed by atoms with E-state index in [-0.39, 0.29) is 17.7 Å². The third-order valence-corrected chi connectivity index (χ3v) is 4.91. The van der Waals surface area contributed by atoms with Crippen LogP contribution in [0.3, 0.4) is 0 Å². The van der Waals surface area contributed by atoms with Crippen LogP contribution in [0.1, 0.15) is 25.8 Å². The molecule has 1 aliphatic heterocycles. The van der Waals surface area contributed by atoms with Crippen molar-refractivity contribution >= 4 is 34.2 Å². The molecule has 0 radical (unpaired) electrons. The topological polar surface area (TPSA) is 83.6 Å². The van der Waals surface area contributed by atoms with E-state index in [1.165, 1.54) is 0 Å². The second-order valence-electron chi connectivity index (χ2n) is 6.44. The number of fused-ring (bicyclic) bond motifs is 2. The molecule has 0 aromatic carbocycles. The predicted octanol–water partition coefficient (Wildman–Crippen LogP) is 3.63. The van der Waals surface area contributed by atoms with Crippen molar-refractivity contribution in [1.82, 2.24) is 19.9 Å². The molecule has 2 atom stereocenters. The van der Waals surface area contributed by atoms with Crippen molar-refractivity contribution in [2.24, 2.45) is 5.92 Å². The summed E-state index contributed by atoms with van der Waals surface area (Å²) < 4.78 is 0. The average molecular weight is 356 g/mol. The van der Waals surface area contributed by atoms with Gasteiger partial charge in [-0.2, -0.15) is 0 Å². The number of Topliss-reactive ketones (excluding diaryl/α,β-unsaturated/α-hetero) is 1. The minimum absolute atomic E-state index is 0.195. The number of carbonyl (C=O) groups excluding carboxylic acids is 1. The number of halogens is 1. The van der Waals surface area contributed by atoms with Crippen molar-refractivity contribution in [1.29, 1.82) is 0 Å². The summed E-state index contributed by atoms with van der Waals surface area (Å²) in [4.78, 5) is 28.7. The van der Waals surface area contributed by atoms with Crippen LogP contribution in [0.2, 0.25) is 5.02 Å². The van der Waals surface area contributed by atoms with Gasteiger partial charge in [0, 0.05) is 41.5 Å². The molecule has 0 saturated heterocycles. The van der Waals surface area contributed by atoms with Gasteiger partial charge in [-0.25, -0.2) is 15.0 Å². The lowest BCUT2D eigenvalue weighted by molar-refractivity contribution is -0.120. The Balaban J connectivity index is 1.76. The third-order valence-electron chi connectivity index (χ3n) is 4.70. The maximum absolute atomic E-state index is 12.2. The van der Waals surface area contributed by atoms with E-state index in [1.807, 2.05) is 25.4 Å². The number of nitrogens with one attached hydrogen (secondary N) is 2. The molecule has 128 valence electrons. The van der Waals surface area contributed by atoms with Crippen molar-refractivity contribution in [2.75, 3.05) is 5.32 Å². The first-order valence-corrected chi connectivity index (χ1v) is 8.72. The van der Waals surface area contributed by atoms with Crippen LogP contribution in [-0.2, 0) is 11.2 Å². The molecular formula is C18H18ClN5O. The molecule has 0 aliphatic carbocycles. The first-order chi connectivity index (χ1) is 12.1. The van der Waals surface area contributed by atoms with Crippen LogP contribution in [0.15, 0.2) is 24.7 Å². The minimum atomic E-state index is -0.195. The van der Waals surface area contributed by atoms with Gasteiger partial charge in [0.05, 0.1) is 11.1 Å². The fourth-order valence-electron chi connectivity index (χ4n) is 3.35. The Kier molecular flexibility index (Phi) is 3.92. The normalized spacial score (nSPS) is 19.5. The molecule has 3 aromatic heterocycles. The summed E-state index contributed by atoms with van der Waals surface area (Å²) in [5, 5.41) is 4.74. The maximum Gasteiger partial charge on any atom is 0.163 e. The highest BCUT2D eigenvalue weighted by Gasteiger charge is 2.30. The fourth-order valence-corrected chi connectivity index (χ4v) is 3.50. The monoisotopic (exact) mass is 355 g/mol. The number of hydrogen-bond donors (Lipinski definition) is 2. The second kappa shape index (κ2) is 6.11. The van der Waals surface area contributed by atoms with Gasteiger partial charge >= 0.3 is 0 Å². The average Bonchev–Trinajstić information content (AvgIpc) is 3.03. The van der Waals surface area contributed by atoms with Crippen molar-refractivity contribution in [3.8, 4) is 11.4 Å². The number of hydrogen-bond acceptors (Lipinski definition) is 5. The van der Waals surface area contributed by atoms with Gasteiger partial charge in [0.2, 0.25) is 0 Å². The lowest BCUT2D eigenvalue weighted by Gasteiger charge is -2.30. The fraction of sp³-hybridized carbons (Fsp3) is 0.333. The number of rotatable bonds is 3. The molecule has 1 unspecified atom stereocenters. The molecule has 0 spiro atoms. The van der Waals surface area contributed by atoms with Gasteiger partial charge in [-0.3, -0.25) is 4.79 Å². The summed E-state index contributed by atoms with van der Waals surface area (Å²) in [6, 6.07) is 1.65. The van der Waals surface area contributed by atoms with Gasteiger partial charge < -0.3 is 10.3 Å². The molecule has 0 amide bonds. The standard InChI is InChI=1S/C18H18ClN5O/c1-3-14(25)15-9(2)4-10-6-20-18(24-16(10)23-15)13-8-22-17-12(13)5-11(19)7-21-17/h5-9,15H,3-4H2,1-2H3,(H,21,22)(H,20,23,24)/t9?,15-/m0/s1. The van der Waals surface area contributed by atoms with Crippen LogP contribution in [0.5, 0.6) is 0 Å². The van der Waals surface area contributed by atoms with E-state index < -0.39 is 0 Å². The predicted molar refractivity (Wildman–Crippen MR) is 97.7 cm³/mol. The van der Waals surface area contributed by atoms with E-state index in [0.29, 0.717) is 17.3 Å². The second-order valence-corrected chi connectivity index (χ2v) is 6.88. The number of carbonyl (C=O) groups is 1. The van der Waals surface area contributed by atoms with E-state index >= 15 is 0 Å². The van der Waals surface area contributed by atoms with E-state index in [2.05, 4.69) is 32.2 Å². The van der Waals surface area contributed by atoms with E-state index in [1.54, 1.807) is 6.20 Å². The Labute approximate surface area is 150 Å². The van der Waals surface area contributed by atoms with Crippen LogP contribution in [0, 0.1) is 5.92 Å². The summed E-state index contributed by atoms with van der Waals surface area (Å²) in [6.45, 7) is 3.97. The van der Waals surface area contributed by atoms with Gasteiger partial charge in [0.15, 0.2) is 11.6 Å². The highest BCUT2D eigenvalue weighted by Crippen LogP contribution is 2.31. The van der Waals surface area contributed by atoms with Crippen LogP contribution in [0.25, 0.3) is 22.4 Å². The van der Waals surface area contributed by atoms with Gasteiger partial charge in [0.1, 0.15) is 11.5 Å². The maximum atomic E-state index is 12.2.